The molecule has 0 unspecified atom stereocenters. The Bertz CT molecular complexity index is 721. The van der Waals surface area contributed by atoms with Crippen molar-refractivity contribution < 1.29 is 9.53 Å². The number of hydrogen-bond donors (Lipinski definition) is 1. The van der Waals surface area contributed by atoms with Gasteiger partial charge in [0.1, 0.15) is 23.2 Å². The number of aryl methyl sites for hydroxylation is 1. The topological polar surface area (TPSA) is 79.9 Å². The van der Waals surface area contributed by atoms with Crippen LogP contribution in [-0.2, 0) is 11.8 Å². The number of hydrogen-bond acceptors (Lipinski definition) is 4. The Kier molecular flexibility index (Phi) is 4.68. The molecule has 21 heavy (non-hydrogen) atoms. The minimum atomic E-state index is -0.439. The molecular formula is C13H10Cl2N4O2. The average molecular weight is 325 g/mol. The molecule has 0 fully saturated rings. The first-order valence-electron chi connectivity index (χ1n) is 5.81. The van der Waals surface area contributed by atoms with Gasteiger partial charge in [0.25, 0.3) is 5.91 Å². The summed E-state index contributed by atoms with van der Waals surface area (Å²) in [5.74, 6) is 0.180. The van der Waals surface area contributed by atoms with Gasteiger partial charge < -0.3 is 10.1 Å². The van der Waals surface area contributed by atoms with Crippen LogP contribution in [0, 0.1) is 11.3 Å². The molecule has 0 aliphatic rings. The van der Waals surface area contributed by atoms with E-state index in [0.29, 0.717) is 21.6 Å². The first-order valence-corrected chi connectivity index (χ1v) is 6.56. The molecule has 0 aliphatic carbocycles. The number of anilines is 1. The molecule has 0 atom stereocenters. The lowest BCUT2D eigenvalue weighted by Gasteiger charge is -2.09. The Morgan fingerprint density at radius 1 is 1.52 bits per heavy atom. The molecule has 8 heteroatoms. The van der Waals surface area contributed by atoms with Crippen molar-refractivity contribution in [2.24, 2.45) is 7.05 Å². The number of ether oxygens (including phenoxy) is 1. The van der Waals surface area contributed by atoms with Gasteiger partial charge in [-0.2, -0.15) is 10.4 Å². The standard InChI is InChI=1S/C13H10Cl2N4O2/c1-19-13(8(5-16)6-17-19)18-12(20)7-21-11-4-9(14)2-3-10(11)15/h2-4,6H,7H2,1H3,(H,18,20). The van der Waals surface area contributed by atoms with Crippen LogP contribution in [0.1, 0.15) is 5.56 Å². The number of nitrogens with one attached hydrogen (secondary N) is 1. The highest BCUT2D eigenvalue weighted by Crippen LogP contribution is 2.27. The van der Waals surface area contributed by atoms with Crippen molar-refractivity contribution in [2.45, 2.75) is 0 Å². The second-order valence-corrected chi connectivity index (χ2v) is 4.90. The van der Waals surface area contributed by atoms with Crippen LogP contribution in [0.25, 0.3) is 0 Å². The van der Waals surface area contributed by atoms with Crippen molar-refractivity contribution >= 4 is 34.9 Å². The molecule has 1 aromatic carbocycles. The van der Waals surface area contributed by atoms with Crippen LogP contribution in [0.2, 0.25) is 10.0 Å². The van der Waals surface area contributed by atoms with Crippen molar-refractivity contribution in [3.8, 4) is 11.8 Å². The third-order valence-electron chi connectivity index (χ3n) is 2.57. The van der Waals surface area contributed by atoms with E-state index >= 15 is 0 Å². The zero-order valence-electron chi connectivity index (χ0n) is 10.9. The lowest BCUT2D eigenvalue weighted by molar-refractivity contribution is -0.118. The molecule has 1 heterocycles. The molecule has 108 valence electrons. The number of carbonyl (C=O) groups is 1. The maximum atomic E-state index is 11.8. The van der Waals surface area contributed by atoms with Crippen molar-refractivity contribution in [1.29, 1.82) is 5.26 Å². The van der Waals surface area contributed by atoms with Crippen molar-refractivity contribution in [3.05, 3.63) is 40.0 Å². The molecule has 0 saturated heterocycles. The molecule has 1 amide bonds. The first kappa shape index (κ1) is 15.2. The third-order valence-corrected chi connectivity index (χ3v) is 3.12. The van der Waals surface area contributed by atoms with Crippen LogP contribution in [-0.4, -0.2) is 22.3 Å². The van der Waals surface area contributed by atoms with Gasteiger partial charge >= 0.3 is 0 Å². The normalized spacial score (nSPS) is 10.0. The number of rotatable bonds is 4. The zero-order chi connectivity index (χ0) is 15.4. The van der Waals surface area contributed by atoms with Crippen LogP contribution in [0.5, 0.6) is 5.75 Å². The largest absolute Gasteiger partial charge is 0.482 e. The summed E-state index contributed by atoms with van der Waals surface area (Å²) < 4.78 is 6.69. The SMILES string of the molecule is Cn1ncc(C#N)c1NC(=O)COc1cc(Cl)ccc1Cl. The van der Waals surface area contributed by atoms with Crippen LogP contribution in [0.3, 0.4) is 0 Å². The number of aromatic nitrogens is 2. The van der Waals surface area contributed by atoms with Gasteiger partial charge in [-0.15, -0.1) is 0 Å². The fourth-order valence-electron chi connectivity index (χ4n) is 1.57. The quantitative estimate of drug-likeness (QED) is 0.937. The van der Waals surface area contributed by atoms with Gasteiger partial charge in [0.15, 0.2) is 6.61 Å². The maximum Gasteiger partial charge on any atom is 0.263 e. The smallest absolute Gasteiger partial charge is 0.263 e. The summed E-state index contributed by atoms with van der Waals surface area (Å²) in [7, 11) is 1.62. The van der Waals surface area contributed by atoms with E-state index < -0.39 is 5.91 Å². The van der Waals surface area contributed by atoms with Gasteiger partial charge in [-0.3, -0.25) is 9.48 Å². The lowest BCUT2D eigenvalue weighted by atomic mass is 10.3. The molecule has 1 aromatic heterocycles. The minimum absolute atomic E-state index is 0.268. The zero-order valence-corrected chi connectivity index (χ0v) is 12.4. The molecule has 2 rings (SSSR count). The summed E-state index contributed by atoms with van der Waals surface area (Å²) in [6.45, 7) is -0.268. The third kappa shape index (κ3) is 3.66. The fourth-order valence-corrected chi connectivity index (χ4v) is 1.90. The molecule has 1 N–H and O–H groups in total. The summed E-state index contributed by atoms with van der Waals surface area (Å²) in [4.78, 5) is 11.8. The summed E-state index contributed by atoms with van der Waals surface area (Å²) in [5.41, 5.74) is 0.270. The molecule has 0 spiro atoms. The van der Waals surface area contributed by atoms with Crippen molar-refractivity contribution in [2.75, 3.05) is 11.9 Å². The molecule has 2 aromatic rings. The number of halogens is 2. The van der Waals surface area contributed by atoms with E-state index in [4.69, 9.17) is 33.2 Å². The van der Waals surface area contributed by atoms with Gasteiger partial charge in [0, 0.05) is 18.1 Å². The number of nitriles is 1. The summed E-state index contributed by atoms with van der Waals surface area (Å²) in [5, 5.41) is 16.1. The predicted octanol–water partition coefficient (Wildman–Crippen LogP) is 2.62. The summed E-state index contributed by atoms with van der Waals surface area (Å²) in [6, 6.07) is 6.64. The predicted molar refractivity (Wildman–Crippen MR) is 78.5 cm³/mol. The molecular weight excluding hydrogens is 315 g/mol. The van der Waals surface area contributed by atoms with Gasteiger partial charge in [-0.05, 0) is 12.1 Å². The number of carbonyl (C=O) groups excluding carboxylic acids is 1. The van der Waals surface area contributed by atoms with E-state index in [0.717, 1.165) is 0 Å². The number of nitrogens with zero attached hydrogens (tertiary/aromatic N) is 3. The van der Waals surface area contributed by atoms with Crippen LogP contribution >= 0.6 is 23.2 Å². The van der Waals surface area contributed by atoms with E-state index in [1.165, 1.54) is 16.9 Å². The van der Waals surface area contributed by atoms with Crippen LogP contribution in [0.4, 0.5) is 5.82 Å². The van der Waals surface area contributed by atoms with Gasteiger partial charge in [-0.1, -0.05) is 23.2 Å². The van der Waals surface area contributed by atoms with E-state index in [1.54, 1.807) is 19.2 Å². The Labute approximate surface area is 130 Å². The Balaban J connectivity index is 2.01. The van der Waals surface area contributed by atoms with E-state index in [-0.39, 0.29) is 12.2 Å². The monoisotopic (exact) mass is 324 g/mol. The van der Waals surface area contributed by atoms with E-state index in [1.807, 2.05) is 6.07 Å². The molecule has 0 aliphatic heterocycles. The molecule has 0 saturated carbocycles. The highest BCUT2D eigenvalue weighted by molar-refractivity contribution is 6.34. The summed E-state index contributed by atoms with van der Waals surface area (Å²) >= 11 is 11.7. The fraction of sp³-hybridized carbons (Fsp3) is 0.154. The van der Waals surface area contributed by atoms with E-state index in [2.05, 4.69) is 10.4 Å². The maximum absolute atomic E-state index is 11.8. The Morgan fingerprint density at radius 3 is 3.00 bits per heavy atom. The van der Waals surface area contributed by atoms with Gasteiger partial charge in [0.05, 0.1) is 11.2 Å². The second kappa shape index (κ2) is 6.48. The average Bonchev–Trinajstić information content (AvgIpc) is 2.80. The lowest BCUT2D eigenvalue weighted by Crippen LogP contribution is -2.22. The van der Waals surface area contributed by atoms with Crippen molar-refractivity contribution in [3.63, 3.8) is 0 Å². The minimum Gasteiger partial charge on any atom is -0.482 e. The summed E-state index contributed by atoms with van der Waals surface area (Å²) in [6.07, 6.45) is 1.37. The highest BCUT2D eigenvalue weighted by Gasteiger charge is 2.12. The first-order chi connectivity index (χ1) is 10.0. The van der Waals surface area contributed by atoms with Gasteiger partial charge in [-0.25, -0.2) is 0 Å². The Morgan fingerprint density at radius 2 is 2.29 bits per heavy atom. The van der Waals surface area contributed by atoms with E-state index in [9.17, 15) is 4.79 Å². The molecule has 6 nitrogen and oxygen atoms in total. The number of benzene rings is 1. The number of amides is 1. The molecule has 0 radical (unpaired) electrons. The van der Waals surface area contributed by atoms with Crippen LogP contribution < -0.4 is 10.1 Å². The van der Waals surface area contributed by atoms with Crippen LogP contribution in [0.15, 0.2) is 24.4 Å². The molecule has 0 bridgehead atoms. The van der Waals surface area contributed by atoms with Crippen molar-refractivity contribution in [1.82, 2.24) is 9.78 Å². The Hall–Kier alpha value is -2.23. The second-order valence-electron chi connectivity index (χ2n) is 4.05. The van der Waals surface area contributed by atoms with Gasteiger partial charge in [0.2, 0.25) is 0 Å². The highest BCUT2D eigenvalue weighted by atomic mass is 35.5.